The summed E-state index contributed by atoms with van der Waals surface area (Å²) in [5, 5.41) is 6.70. The van der Waals surface area contributed by atoms with E-state index in [0.717, 1.165) is 39.0 Å². The van der Waals surface area contributed by atoms with Gasteiger partial charge in [-0.05, 0) is 39.2 Å². The lowest BCUT2D eigenvalue weighted by atomic mass is 9.97. The Morgan fingerprint density at radius 1 is 1.16 bits per heavy atom. The summed E-state index contributed by atoms with van der Waals surface area (Å²) in [5.74, 6) is 0.223. The molecule has 1 fully saturated rings. The molecule has 4 rings (SSSR count). The van der Waals surface area contributed by atoms with Crippen LogP contribution in [0.5, 0.6) is 0 Å². The molecule has 8 heteroatoms. The number of benzene rings is 1. The largest absolute Gasteiger partial charge is 0.347 e. The smallest absolute Gasteiger partial charge is 0.271 e. The standard InChI is InChI=1S/C23H26N4O2S2/c1-14-5-4-6-17(11-14)12-24-21(28)19-13-30-22(26-19)18-7-9-27(10-8-18)23(29)20-15(2)25-16(3)31-20/h4-6,11,13,18H,7-10,12H2,1-3H3,(H,24,28). The van der Waals surface area contributed by atoms with Crippen molar-refractivity contribution in [3.63, 3.8) is 0 Å². The molecule has 1 aromatic carbocycles. The highest BCUT2D eigenvalue weighted by Gasteiger charge is 2.28. The van der Waals surface area contributed by atoms with Gasteiger partial charge in [-0.2, -0.15) is 0 Å². The number of rotatable bonds is 5. The van der Waals surface area contributed by atoms with Crippen LogP contribution in [-0.2, 0) is 6.54 Å². The topological polar surface area (TPSA) is 75.2 Å². The zero-order chi connectivity index (χ0) is 22.0. The fraction of sp³-hybridized carbons (Fsp3) is 0.391. The van der Waals surface area contributed by atoms with Crippen molar-refractivity contribution in [1.29, 1.82) is 0 Å². The van der Waals surface area contributed by atoms with Crippen LogP contribution in [0.25, 0.3) is 0 Å². The van der Waals surface area contributed by atoms with Gasteiger partial charge in [-0.3, -0.25) is 9.59 Å². The number of carbonyl (C=O) groups excluding carboxylic acids is 2. The molecule has 0 aliphatic carbocycles. The highest BCUT2D eigenvalue weighted by molar-refractivity contribution is 7.13. The van der Waals surface area contributed by atoms with Crippen molar-refractivity contribution in [2.75, 3.05) is 13.1 Å². The predicted octanol–water partition coefficient (Wildman–Crippen LogP) is 4.47. The van der Waals surface area contributed by atoms with Crippen LogP contribution in [0.15, 0.2) is 29.6 Å². The number of hydrogen-bond donors (Lipinski definition) is 1. The summed E-state index contributed by atoms with van der Waals surface area (Å²) in [7, 11) is 0. The Balaban J connectivity index is 1.32. The lowest BCUT2D eigenvalue weighted by Crippen LogP contribution is -2.37. The van der Waals surface area contributed by atoms with E-state index >= 15 is 0 Å². The molecule has 3 aromatic rings. The maximum atomic E-state index is 12.8. The minimum atomic E-state index is -0.146. The molecule has 2 aromatic heterocycles. The average Bonchev–Trinajstić information content (AvgIpc) is 3.38. The normalized spacial score (nSPS) is 14.6. The van der Waals surface area contributed by atoms with Crippen molar-refractivity contribution in [2.45, 2.75) is 46.1 Å². The summed E-state index contributed by atoms with van der Waals surface area (Å²) >= 11 is 3.00. The number of nitrogens with zero attached hydrogens (tertiary/aromatic N) is 3. The van der Waals surface area contributed by atoms with E-state index in [1.807, 2.05) is 49.3 Å². The van der Waals surface area contributed by atoms with Crippen molar-refractivity contribution in [2.24, 2.45) is 0 Å². The Morgan fingerprint density at radius 3 is 2.61 bits per heavy atom. The third kappa shape index (κ3) is 5.02. The summed E-state index contributed by atoms with van der Waals surface area (Å²) in [6, 6.07) is 8.10. The van der Waals surface area contributed by atoms with E-state index in [-0.39, 0.29) is 17.7 Å². The molecular formula is C23H26N4O2S2. The van der Waals surface area contributed by atoms with E-state index in [9.17, 15) is 9.59 Å². The Morgan fingerprint density at radius 2 is 1.94 bits per heavy atom. The van der Waals surface area contributed by atoms with Gasteiger partial charge in [-0.15, -0.1) is 22.7 Å². The molecule has 0 unspecified atom stereocenters. The minimum absolute atomic E-state index is 0.0805. The molecule has 0 spiro atoms. The predicted molar refractivity (Wildman–Crippen MR) is 124 cm³/mol. The van der Waals surface area contributed by atoms with Gasteiger partial charge in [-0.1, -0.05) is 29.8 Å². The van der Waals surface area contributed by atoms with Crippen LogP contribution in [0.3, 0.4) is 0 Å². The molecule has 0 atom stereocenters. The van der Waals surface area contributed by atoms with Crippen molar-refractivity contribution in [3.8, 4) is 0 Å². The number of nitrogens with one attached hydrogen (secondary N) is 1. The average molecular weight is 455 g/mol. The number of thiazole rings is 2. The minimum Gasteiger partial charge on any atom is -0.347 e. The molecule has 3 heterocycles. The van der Waals surface area contributed by atoms with Gasteiger partial charge < -0.3 is 10.2 Å². The molecule has 2 amide bonds. The van der Waals surface area contributed by atoms with Crippen molar-refractivity contribution >= 4 is 34.5 Å². The highest BCUT2D eigenvalue weighted by Crippen LogP contribution is 2.31. The molecule has 1 N–H and O–H groups in total. The van der Waals surface area contributed by atoms with Gasteiger partial charge >= 0.3 is 0 Å². The third-order valence-corrected chi connectivity index (χ3v) is 7.59. The van der Waals surface area contributed by atoms with Crippen LogP contribution >= 0.6 is 22.7 Å². The van der Waals surface area contributed by atoms with Crippen LogP contribution in [0.1, 0.15) is 65.8 Å². The molecule has 1 saturated heterocycles. The monoisotopic (exact) mass is 454 g/mol. The van der Waals surface area contributed by atoms with Crippen molar-refractivity contribution in [1.82, 2.24) is 20.2 Å². The quantitative estimate of drug-likeness (QED) is 0.617. The summed E-state index contributed by atoms with van der Waals surface area (Å²) in [4.78, 5) is 37.0. The first-order chi connectivity index (χ1) is 14.9. The second-order valence-corrected chi connectivity index (χ2v) is 10.0. The fourth-order valence-corrected chi connectivity index (χ4v) is 5.74. The van der Waals surface area contributed by atoms with Crippen LogP contribution in [0.2, 0.25) is 0 Å². The van der Waals surface area contributed by atoms with Gasteiger partial charge in [0.25, 0.3) is 11.8 Å². The van der Waals surface area contributed by atoms with E-state index in [1.54, 1.807) is 0 Å². The molecule has 0 radical (unpaired) electrons. The summed E-state index contributed by atoms with van der Waals surface area (Å²) in [6.07, 6.45) is 1.72. The van der Waals surface area contributed by atoms with Crippen molar-refractivity contribution in [3.05, 3.63) is 67.1 Å². The number of piperidine rings is 1. The number of amides is 2. The Kier molecular flexibility index (Phi) is 6.48. The Labute approximate surface area is 190 Å². The second-order valence-electron chi connectivity index (χ2n) is 7.96. The molecule has 1 aliphatic rings. The molecule has 1 aliphatic heterocycles. The van der Waals surface area contributed by atoms with Crippen LogP contribution in [0.4, 0.5) is 0 Å². The summed E-state index contributed by atoms with van der Waals surface area (Å²) in [5.41, 5.74) is 3.54. The zero-order valence-electron chi connectivity index (χ0n) is 18.0. The lowest BCUT2D eigenvalue weighted by Gasteiger charge is -2.30. The van der Waals surface area contributed by atoms with E-state index < -0.39 is 0 Å². The number of likely N-dealkylation sites (tertiary alicyclic amines) is 1. The van der Waals surface area contributed by atoms with Crippen molar-refractivity contribution < 1.29 is 9.59 Å². The second kappa shape index (κ2) is 9.28. The number of carbonyl (C=O) groups is 2. The van der Waals surface area contributed by atoms with Crippen LogP contribution in [-0.4, -0.2) is 39.8 Å². The fourth-order valence-electron chi connectivity index (χ4n) is 3.88. The highest BCUT2D eigenvalue weighted by atomic mass is 32.1. The molecule has 0 saturated carbocycles. The first kappa shape index (κ1) is 21.6. The molecular weight excluding hydrogens is 428 g/mol. The molecule has 31 heavy (non-hydrogen) atoms. The van der Waals surface area contributed by atoms with Gasteiger partial charge in [0.2, 0.25) is 0 Å². The van der Waals surface area contributed by atoms with Crippen LogP contribution < -0.4 is 5.32 Å². The van der Waals surface area contributed by atoms with E-state index in [4.69, 9.17) is 0 Å². The van der Waals surface area contributed by atoms with Crippen LogP contribution in [0, 0.1) is 20.8 Å². The summed E-state index contributed by atoms with van der Waals surface area (Å²) < 4.78 is 0. The first-order valence-electron chi connectivity index (χ1n) is 10.4. The summed E-state index contributed by atoms with van der Waals surface area (Å²) in [6.45, 7) is 7.76. The van der Waals surface area contributed by atoms with E-state index in [2.05, 4.69) is 21.4 Å². The number of aromatic nitrogens is 2. The van der Waals surface area contributed by atoms with Gasteiger partial charge in [0, 0.05) is 30.9 Å². The Hall–Kier alpha value is -2.58. The van der Waals surface area contributed by atoms with E-state index in [0.29, 0.717) is 25.3 Å². The molecule has 162 valence electrons. The van der Waals surface area contributed by atoms with Gasteiger partial charge in [0.05, 0.1) is 15.7 Å². The third-order valence-electron chi connectivity index (χ3n) is 5.52. The SMILES string of the molecule is Cc1cccc(CNC(=O)c2csc(C3CCN(C(=O)c4sc(C)nc4C)CC3)n2)c1. The van der Waals surface area contributed by atoms with Gasteiger partial charge in [-0.25, -0.2) is 9.97 Å². The van der Waals surface area contributed by atoms with E-state index in [1.165, 1.54) is 28.2 Å². The zero-order valence-corrected chi connectivity index (χ0v) is 19.6. The first-order valence-corrected chi connectivity index (χ1v) is 12.1. The molecule has 6 nitrogen and oxygen atoms in total. The number of aryl methyl sites for hydroxylation is 3. The number of hydrogen-bond acceptors (Lipinski definition) is 6. The lowest BCUT2D eigenvalue weighted by molar-refractivity contribution is 0.0717. The Bertz CT molecular complexity index is 1100. The van der Waals surface area contributed by atoms with Gasteiger partial charge in [0.15, 0.2) is 0 Å². The molecule has 0 bridgehead atoms. The maximum Gasteiger partial charge on any atom is 0.271 e. The maximum absolute atomic E-state index is 12.8. The van der Waals surface area contributed by atoms with Gasteiger partial charge in [0.1, 0.15) is 10.6 Å².